The predicted molar refractivity (Wildman–Crippen MR) is 118 cm³/mol. The number of likely N-dealkylation sites (tertiary alicyclic amines) is 1. The van der Waals surface area contributed by atoms with Gasteiger partial charge in [-0.25, -0.2) is 0 Å². The first-order chi connectivity index (χ1) is 14.8. The maximum absolute atomic E-state index is 13.5. The predicted octanol–water partition coefficient (Wildman–Crippen LogP) is 1.54. The number of fused-ring (bicyclic) bond motifs is 1. The number of alkyl halides is 1. The molecule has 0 radical (unpaired) electrons. The molecule has 0 saturated carbocycles. The van der Waals surface area contributed by atoms with Crippen molar-refractivity contribution in [3.63, 3.8) is 0 Å². The average molecular weight is 515 g/mol. The van der Waals surface area contributed by atoms with Gasteiger partial charge in [0.2, 0.25) is 17.7 Å². The van der Waals surface area contributed by atoms with Gasteiger partial charge in [0.1, 0.15) is 11.6 Å². The van der Waals surface area contributed by atoms with Crippen molar-refractivity contribution in [2.75, 3.05) is 25.5 Å². The molecule has 0 aromatic heterocycles. The van der Waals surface area contributed by atoms with E-state index in [0.717, 1.165) is 0 Å². The van der Waals surface area contributed by atoms with Crippen LogP contribution in [0.2, 0.25) is 5.02 Å². The molecular weight excluding hydrogens is 490 g/mol. The van der Waals surface area contributed by atoms with E-state index in [0.29, 0.717) is 36.5 Å². The topological polar surface area (TPSA) is 108 Å². The molecule has 3 N–H and O–H groups in total. The third-order valence-electron chi connectivity index (χ3n) is 6.51. The number of nitrogens with zero attached hydrogens (tertiary/aromatic N) is 1. The van der Waals surface area contributed by atoms with Crippen LogP contribution in [0, 0.1) is 11.8 Å². The van der Waals surface area contributed by atoms with Gasteiger partial charge in [0.25, 0.3) is 0 Å². The smallest absolute Gasteiger partial charge is 0.250 e. The average Bonchev–Trinajstić information content (AvgIpc) is 3.33. The summed E-state index contributed by atoms with van der Waals surface area (Å²) < 4.78 is 6.33. The van der Waals surface area contributed by atoms with Gasteiger partial charge in [-0.15, -0.1) is 0 Å². The Kier molecular flexibility index (Phi) is 6.31. The molecule has 0 aliphatic carbocycles. The van der Waals surface area contributed by atoms with Crippen molar-refractivity contribution in [1.82, 2.24) is 10.2 Å². The Morgan fingerprint density at radius 3 is 2.65 bits per heavy atom. The van der Waals surface area contributed by atoms with Crippen molar-refractivity contribution in [3.05, 3.63) is 29.3 Å². The number of unbranched alkanes of at least 4 members (excludes halogenated alkanes) is 1. The number of nitrogens with one attached hydrogen (secondary N) is 2. The molecule has 6 atom stereocenters. The highest BCUT2D eigenvalue weighted by atomic mass is 79.9. The van der Waals surface area contributed by atoms with Crippen LogP contribution in [0.1, 0.15) is 19.3 Å². The number of carbonyl (C=O) groups excluding carboxylic acids is 3. The monoisotopic (exact) mass is 513 g/mol. The van der Waals surface area contributed by atoms with Crippen LogP contribution in [-0.2, 0) is 19.1 Å². The molecule has 3 heterocycles. The normalized spacial score (nSPS) is 33.5. The lowest BCUT2D eigenvalue weighted by Gasteiger charge is -2.34. The highest BCUT2D eigenvalue weighted by Gasteiger charge is 2.76. The van der Waals surface area contributed by atoms with Crippen LogP contribution >= 0.6 is 27.5 Å². The molecule has 1 aromatic carbocycles. The molecular formula is C21H25BrClN3O5. The summed E-state index contributed by atoms with van der Waals surface area (Å²) in [5.41, 5.74) is -0.522. The second-order valence-electron chi connectivity index (χ2n) is 8.24. The lowest BCUT2D eigenvalue weighted by molar-refractivity contribution is -0.140. The number of amides is 3. The number of hydrogen-bond acceptors (Lipinski definition) is 5. The second-order valence-corrected chi connectivity index (χ2v) is 9.85. The second kappa shape index (κ2) is 8.69. The molecule has 3 unspecified atom stereocenters. The third kappa shape index (κ3) is 3.65. The fraction of sp³-hybridized carbons (Fsp3) is 0.571. The molecule has 4 rings (SSSR count). The van der Waals surface area contributed by atoms with E-state index in [9.17, 15) is 14.4 Å². The molecule has 3 aliphatic heterocycles. The number of halogens is 2. The maximum atomic E-state index is 13.5. The van der Waals surface area contributed by atoms with E-state index in [4.69, 9.17) is 21.4 Å². The maximum Gasteiger partial charge on any atom is 0.250 e. The number of aliphatic hydroxyl groups is 1. The number of hydrogen-bond donors (Lipinski definition) is 3. The molecule has 2 bridgehead atoms. The van der Waals surface area contributed by atoms with Crippen LogP contribution in [-0.4, -0.2) is 70.5 Å². The number of aliphatic hydroxyl groups excluding tert-OH is 1. The molecule has 8 nitrogen and oxygen atoms in total. The van der Waals surface area contributed by atoms with E-state index >= 15 is 0 Å². The SMILES string of the molecule is CNC(=O)[C@H]1[C@@H]2OC3(CC2Br)C(C(=O)Nc2ccc(Cl)cc2)N(CCCCO)C(=O)[C@H]13. The highest BCUT2D eigenvalue weighted by Crippen LogP contribution is 2.60. The molecule has 1 aromatic rings. The Morgan fingerprint density at radius 2 is 2.00 bits per heavy atom. The number of carbonyl (C=O) groups is 3. The van der Waals surface area contributed by atoms with Crippen molar-refractivity contribution in [3.8, 4) is 0 Å². The molecule has 168 valence electrons. The summed E-state index contributed by atoms with van der Waals surface area (Å²) in [5, 5.41) is 15.2. The quantitative estimate of drug-likeness (QED) is 0.378. The molecule has 31 heavy (non-hydrogen) atoms. The summed E-state index contributed by atoms with van der Waals surface area (Å²) in [6.07, 6.45) is 1.04. The zero-order chi connectivity index (χ0) is 22.3. The van der Waals surface area contributed by atoms with E-state index in [-0.39, 0.29) is 29.2 Å². The number of rotatable bonds is 7. The Bertz CT molecular complexity index is 884. The van der Waals surface area contributed by atoms with Gasteiger partial charge in [0, 0.05) is 35.7 Å². The van der Waals surface area contributed by atoms with Crippen LogP contribution in [0.25, 0.3) is 0 Å². The Labute approximate surface area is 193 Å². The molecule has 3 aliphatic rings. The van der Waals surface area contributed by atoms with Crippen LogP contribution < -0.4 is 10.6 Å². The summed E-state index contributed by atoms with van der Waals surface area (Å²) in [7, 11) is 1.54. The van der Waals surface area contributed by atoms with Crippen LogP contribution in [0.3, 0.4) is 0 Å². The minimum absolute atomic E-state index is 0.00114. The van der Waals surface area contributed by atoms with E-state index in [2.05, 4.69) is 26.6 Å². The van der Waals surface area contributed by atoms with E-state index in [1.165, 1.54) is 11.9 Å². The van der Waals surface area contributed by atoms with Gasteiger partial charge < -0.3 is 25.4 Å². The van der Waals surface area contributed by atoms with Crippen LogP contribution in [0.5, 0.6) is 0 Å². The van der Waals surface area contributed by atoms with Crippen molar-refractivity contribution in [2.45, 2.75) is 41.8 Å². The lowest BCUT2D eigenvalue weighted by atomic mass is 9.70. The van der Waals surface area contributed by atoms with Gasteiger partial charge >= 0.3 is 0 Å². The molecule has 3 fully saturated rings. The molecule has 1 spiro atoms. The van der Waals surface area contributed by atoms with Gasteiger partial charge in [-0.05, 0) is 43.5 Å². The number of anilines is 1. The summed E-state index contributed by atoms with van der Waals surface area (Å²) in [6, 6.07) is 5.85. The van der Waals surface area contributed by atoms with Crippen molar-refractivity contribution >= 4 is 50.9 Å². The molecule has 10 heteroatoms. The molecule has 3 saturated heterocycles. The fourth-order valence-corrected chi connectivity index (χ4v) is 6.34. The largest absolute Gasteiger partial charge is 0.396 e. The Hall–Kier alpha value is -1.68. The zero-order valence-electron chi connectivity index (χ0n) is 17.0. The van der Waals surface area contributed by atoms with Crippen molar-refractivity contribution < 1.29 is 24.2 Å². The van der Waals surface area contributed by atoms with Crippen LogP contribution in [0.15, 0.2) is 24.3 Å². The van der Waals surface area contributed by atoms with E-state index in [1.807, 2.05) is 0 Å². The van der Waals surface area contributed by atoms with E-state index in [1.54, 1.807) is 24.3 Å². The first-order valence-electron chi connectivity index (χ1n) is 10.4. The fourth-order valence-electron chi connectivity index (χ4n) is 5.27. The third-order valence-corrected chi connectivity index (χ3v) is 7.60. The zero-order valence-corrected chi connectivity index (χ0v) is 19.4. The minimum Gasteiger partial charge on any atom is -0.396 e. The summed E-state index contributed by atoms with van der Waals surface area (Å²) in [5.74, 6) is -2.25. The van der Waals surface area contributed by atoms with Crippen molar-refractivity contribution in [1.29, 1.82) is 0 Å². The molecule has 3 amide bonds. The van der Waals surface area contributed by atoms with Crippen LogP contribution in [0.4, 0.5) is 5.69 Å². The first kappa shape index (κ1) is 22.5. The van der Waals surface area contributed by atoms with Crippen molar-refractivity contribution in [2.24, 2.45) is 11.8 Å². The van der Waals surface area contributed by atoms with Gasteiger partial charge in [-0.2, -0.15) is 0 Å². The Balaban J connectivity index is 1.69. The highest BCUT2D eigenvalue weighted by molar-refractivity contribution is 9.09. The van der Waals surface area contributed by atoms with Gasteiger partial charge in [-0.1, -0.05) is 27.5 Å². The van der Waals surface area contributed by atoms with Gasteiger partial charge in [-0.3, -0.25) is 14.4 Å². The van der Waals surface area contributed by atoms with E-state index < -0.39 is 29.6 Å². The Morgan fingerprint density at radius 1 is 1.29 bits per heavy atom. The summed E-state index contributed by atoms with van der Waals surface area (Å²) in [4.78, 5) is 41.1. The minimum atomic E-state index is -1.08. The summed E-state index contributed by atoms with van der Waals surface area (Å²) >= 11 is 9.54. The van der Waals surface area contributed by atoms with Gasteiger partial charge in [0.15, 0.2) is 0 Å². The first-order valence-corrected chi connectivity index (χ1v) is 11.6. The standard InChI is InChI=1S/C21H25BrClN3O5/c1-24-18(28)14-15-20(30)26(8-2-3-9-27)17(21(15)10-13(22)16(14)31-21)19(29)25-12-6-4-11(23)5-7-12/h4-7,13-17,27H,2-3,8-10H2,1H3,(H,24,28)(H,25,29)/t13?,14-,15+,16-,17?,21?/m1/s1. The lowest BCUT2D eigenvalue weighted by Crippen LogP contribution is -2.54. The van der Waals surface area contributed by atoms with Gasteiger partial charge in [0.05, 0.1) is 17.9 Å². The number of benzene rings is 1. The summed E-state index contributed by atoms with van der Waals surface area (Å²) in [6.45, 7) is 0.305. The number of ether oxygens (including phenoxy) is 1.